The topological polar surface area (TPSA) is 129 Å². The molecule has 0 atom stereocenters. The van der Waals surface area contributed by atoms with Gasteiger partial charge in [-0.2, -0.15) is 0 Å². The lowest BCUT2D eigenvalue weighted by Crippen LogP contribution is -2.03. The molecule has 1 aromatic rings. The zero-order chi connectivity index (χ0) is 13.9. The molecule has 0 spiro atoms. The van der Waals surface area contributed by atoms with Crippen LogP contribution in [0.3, 0.4) is 0 Å². The standard InChI is InChI=1S/C9H9N3O6/c1-2-3-6-4-7(10(13)14)9(12(17)18)8(5-6)11(15)16/h4-5H,2-3H2,1H3. The summed E-state index contributed by atoms with van der Waals surface area (Å²) in [7, 11) is 0. The van der Waals surface area contributed by atoms with Gasteiger partial charge in [0, 0.05) is 12.1 Å². The van der Waals surface area contributed by atoms with Gasteiger partial charge >= 0.3 is 17.1 Å². The second-order valence-electron chi connectivity index (χ2n) is 3.50. The zero-order valence-electron chi connectivity index (χ0n) is 9.36. The minimum Gasteiger partial charge on any atom is -0.258 e. The van der Waals surface area contributed by atoms with Gasteiger partial charge in [0.1, 0.15) is 0 Å². The lowest BCUT2D eigenvalue weighted by Gasteiger charge is -2.01. The number of benzene rings is 1. The fourth-order valence-corrected chi connectivity index (χ4v) is 1.56. The third-order valence-electron chi connectivity index (χ3n) is 2.24. The van der Waals surface area contributed by atoms with Crippen LogP contribution in [0.2, 0.25) is 0 Å². The Morgan fingerprint density at radius 2 is 1.39 bits per heavy atom. The molecule has 0 bridgehead atoms. The van der Waals surface area contributed by atoms with Crippen molar-refractivity contribution in [3.05, 3.63) is 48.0 Å². The average molecular weight is 255 g/mol. The molecule has 0 saturated heterocycles. The predicted molar refractivity (Wildman–Crippen MR) is 60.4 cm³/mol. The summed E-state index contributed by atoms with van der Waals surface area (Å²) in [6.45, 7) is 1.79. The van der Waals surface area contributed by atoms with Crippen molar-refractivity contribution in [2.45, 2.75) is 19.8 Å². The zero-order valence-corrected chi connectivity index (χ0v) is 9.36. The number of nitro groups is 3. The van der Waals surface area contributed by atoms with Gasteiger partial charge in [-0.05, 0) is 12.0 Å². The maximum atomic E-state index is 10.7. The molecule has 96 valence electrons. The van der Waals surface area contributed by atoms with Crippen molar-refractivity contribution in [1.29, 1.82) is 0 Å². The number of hydrogen-bond donors (Lipinski definition) is 0. The lowest BCUT2D eigenvalue weighted by molar-refractivity contribution is -0.441. The van der Waals surface area contributed by atoms with Gasteiger partial charge in [-0.3, -0.25) is 30.3 Å². The molecule has 0 aliphatic rings. The van der Waals surface area contributed by atoms with Crippen molar-refractivity contribution in [2.75, 3.05) is 0 Å². The molecule has 1 aromatic carbocycles. The molecule has 1 rings (SSSR count). The molecule has 0 radical (unpaired) electrons. The number of aryl methyl sites for hydroxylation is 1. The van der Waals surface area contributed by atoms with Crippen molar-refractivity contribution in [3.8, 4) is 0 Å². The highest BCUT2D eigenvalue weighted by Crippen LogP contribution is 2.37. The molecule has 0 aromatic heterocycles. The molecule has 9 heteroatoms. The molecule has 0 N–H and O–H groups in total. The maximum absolute atomic E-state index is 10.7. The fraction of sp³-hybridized carbons (Fsp3) is 0.333. The Morgan fingerprint density at radius 3 is 1.67 bits per heavy atom. The molecule has 0 aliphatic heterocycles. The SMILES string of the molecule is CCCc1cc([N+](=O)[O-])c([N+](=O)[O-])c([N+](=O)[O-])c1. The highest BCUT2D eigenvalue weighted by Gasteiger charge is 2.36. The first kappa shape index (κ1) is 13.5. The quantitative estimate of drug-likeness (QED) is 0.586. The van der Waals surface area contributed by atoms with E-state index < -0.39 is 31.8 Å². The van der Waals surface area contributed by atoms with Crippen LogP contribution >= 0.6 is 0 Å². The molecule has 9 nitrogen and oxygen atoms in total. The normalized spacial score (nSPS) is 10.1. The van der Waals surface area contributed by atoms with E-state index in [-0.39, 0.29) is 0 Å². The number of nitrogens with zero attached hydrogens (tertiary/aromatic N) is 3. The Bertz CT molecular complexity index is 492. The number of hydrogen-bond acceptors (Lipinski definition) is 6. The Kier molecular flexibility index (Phi) is 3.87. The number of nitro benzene ring substituents is 3. The van der Waals surface area contributed by atoms with Crippen molar-refractivity contribution in [2.24, 2.45) is 0 Å². The molecule has 0 unspecified atom stereocenters. The van der Waals surface area contributed by atoms with E-state index in [4.69, 9.17) is 0 Å². The average Bonchev–Trinajstić information content (AvgIpc) is 2.27. The first-order chi connectivity index (χ1) is 8.38. The van der Waals surface area contributed by atoms with Crippen molar-refractivity contribution >= 4 is 17.1 Å². The largest absolute Gasteiger partial charge is 0.422 e. The van der Waals surface area contributed by atoms with E-state index in [1.165, 1.54) is 0 Å². The van der Waals surface area contributed by atoms with Gasteiger partial charge in [0.2, 0.25) is 0 Å². The highest BCUT2D eigenvalue weighted by atomic mass is 16.6. The molecule has 0 saturated carbocycles. The Morgan fingerprint density at radius 1 is 0.944 bits per heavy atom. The van der Waals surface area contributed by atoms with Crippen LogP contribution in [0, 0.1) is 30.3 Å². The van der Waals surface area contributed by atoms with E-state index in [0.29, 0.717) is 18.4 Å². The van der Waals surface area contributed by atoms with Crippen LogP contribution in [-0.4, -0.2) is 14.8 Å². The van der Waals surface area contributed by atoms with E-state index in [1.807, 2.05) is 0 Å². The maximum Gasteiger partial charge on any atom is 0.422 e. The Balaban J connectivity index is 3.60. The van der Waals surface area contributed by atoms with Crippen LogP contribution in [0.25, 0.3) is 0 Å². The van der Waals surface area contributed by atoms with Crippen molar-refractivity contribution in [1.82, 2.24) is 0 Å². The summed E-state index contributed by atoms with van der Waals surface area (Å²) in [5.74, 6) is 0. The summed E-state index contributed by atoms with van der Waals surface area (Å²) < 4.78 is 0. The van der Waals surface area contributed by atoms with Crippen molar-refractivity contribution < 1.29 is 14.8 Å². The molecule has 0 fully saturated rings. The summed E-state index contributed by atoms with van der Waals surface area (Å²) in [5, 5.41) is 32.2. The minimum atomic E-state index is -1.11. The second kappa shape index (κ2) is 5.17. The molecule has 0 amide bonds. The van der Waals surface area contributed by atoms with Crippen LogP contribution in [-0.2, 0) is 6.42 Å². The van der Waals surface area contributed by atoms with Gasteiger partial charge in [-0.1, -0.05) is 13.3 Å². The van der Waals surface area contributed by atoms with Crippen molar-refractivity contribution in [3.63, 3.8) is 0 Å². The second-order valence-corrected chi connectivity index (χ2v) is 3.50. The monoisotopic (exact) mass is 255 g/mol. The lowest BCUT2D eigenvalue weighted by atomic mass is 10.1. The minimum absolute atomic E-state index is 0.335. The predicted octanol–water partition coefficient (Wildman–Crippen LogP) is 2.36. The first-order valence-electron chi connectivity index (χ1n) is 4.98. The van der Waals surface area contributed by atoms with Crippen LogP contribution in [0.4, 0.5) is 17.1 Å². The molecular weight excluding hydrogens is 246 g/mol. The Labute approximate surface area is 100 Å². The van der Waals surface area contributed by atoms with E-state index >= 15 is 0 Å². The third kappa shape index (κ3) is 2.56. The van der Waals surface area contributed by atoms with Crippen LogP contribution in [0.1, 0.15) is 18.9 Å². The summed E-state index contributed by atoms with van der Waals surface area (Å²) >= 11 is 0. The summed E-state index contributed by atoms with van der Waals surface area (Å²) in [6.07, 6.45) is 0.992. The van der Waals surface area contributed by atoms with Gasteiger partial charge < -0.3 is 0 Å². The summed E-state index contributed by atoms with van der Waals surface area (Å²) in [4.78, 5) is 29.1. The summed E-state index contributed by atoms with van der Waals surface area (Å²) in [6, 6.07) is 2.02. The van der Waals surface area contributed by atoms with E-state index in [2.05, 4.69) is 0 Å². The third-order valence-corrected chi connectivity index (χ3v) is 2.24. The van der Waals surface area contributed by atoms with Crippen LogP contribution in [0.15, 0.2) is 12.1 Å². The molecule has 18 heavy (non-hydrogen) atoms. The first-order valence-corrected chi connectivity index (χ1v) is 4.98. The van der Waals surface area contributed by atoms with E-state index in [0.717, 1.165) is 12.1 Å². The van der Waals surface area contributed by atoms with Gasteiger partial charge in [0.05, 0.1) is 14.8 Å². The smallest absolute Gasteiger partial charge is 0.258 e. The number of rotatable bonds is 5. The van der Waals surface area contributed by atoms with Gasteiger partial charge in [0.25, 0.3) is 0 Å². The molecule has 0 aliphatic carbocycles. The van der Waals surface area contributed by atoms with E-state index in [9.17, 15) is 30.3 Å². The van der Waals surface area contributed by atoms with Gasteiger partial charge in [-0.15, -0.1) is 0 Å². The van der Waals surface area contributed by atoms with Crippen LogP contribution < -0.4 is 0 Å². The Hall–Kier alpha value is -2.58. The molecule has 0 heterocycles. The van der Waals surface area contributed by atoms with Gasteiger partial charge in [-0.25, -0.2) is 0 Å². The summed E-state index contributed by atoms with van der Waals surface area (Å²) in [5.41, 5.74) is -2.44. The van der Waals surface area contributed by atoms with E-state index in [1.54, 1.807) is 6.92 Å². The van der Waals surface area contributed by atoms with Gasteiger partial charge in [0.15, 0.2) is 0 Å². The fourth-order valence-electron chi connectivity index (χ4n) is 1.56. The van der Waals surface area contributed by atoms with Crippen LogP contribution in [0.5, 0.6) is 0 Å². The molecular formula is C9H9N3O6. The highest BCUT2D eigenvalue weighted by molar-refractivity contribution is 5.67.